The minimum absolute atomic E-state index is 0.0380. The minimum atomic E-state index is -2.05. The first kappa shape index (κ1) is 59.4. The van der Waals surface area contributed by atoms with Crippen LogP contribution >= 0.6 is 0 Å². The van der Waals surface area contributed by atoms with E-state index in [0.29, 0.717) is 44.1 Å². The van der Waals surface area contributed by atoms with Crippen LogP contribution in [0.5, 0.6) is 0 Å². The number of esters is 2. The number of aliphatic hydroxyl groups excluding tert-OH is 10. The molecule has 22 heteroatoms. The first-order valence-corrected chi connectivity index (χ1v) is 26.9. The second kappa shape index (κ2) is 21.3. The number of allylic oxidation sites excluding steroid dienone is 3. The lowest BCUT2D eigenvalue weighted by Crippen LogP contribution is -2.72. The molecule has 0 aromatic heterocycles. The molecule has 5 aliphatic carbocycles. The van der Waals surface area contributed by atoms with Crippen molar-refractivity contribution in [1.82, 2.24) is 0 Å². The van der Waals surface area contributed by atoms with Gasteiger partial charge < -0.3 is 94.1 Å². The topological polar surface area (TPSA) is 348 Å². The number of hydrogen-bond donors (Lipinski definition) is 11. The van der Waals surface area contributed by atoms with Crippen molar-refractivity contribution in [3.8, 4) is 0 Å². The Kier molecular flexibility index (Phi) is 16.6. The molecule has 0 amide bonds. The number of rotatable bonds is 12. The molecule has 76 heavy (non-hydrogen) atoms. The average Bonchev–Trinajstić information content (AvgIpc) is 3.45. The summed E-state index contributed by atoms with van der Waals surface area (Å²) in [5.74, 6) is -3.30. The molecule has 7 fully saturated rings. The summed E-state index contributed by atoms with van der Waals surface area (Å²) in [5, 5.41) is 120. The largest absolute Gasteiger partial charge is 0.479 e. The van der Waals surface area contributed by atoms with Gasteiger partial charge in [0.15, 0.2) is 25.0 Å². The third-order valence-corrected chi connectivity index (χ3v) is 20.5. The van der Waals surface area contributed by atoms with Crippen molar-refractivity contribution in [2.75, 3.05) is 19.8 Å². The van der Waals surface area contributed by atoms with E-state index in [0.717, 1.165) is 5.57 Å². The van der Waals surface area contributed by atoms with E-state index in [-0.39, 0.29) is 23.7 Å². The Bertz CT molecular complexity index is 2220. The number of hydrogen-bond acceptors (Lipinski definition) is 21. The van der Waals surface area contributed by atoms with Gasteiger partial charge >= 0.3 is 17.9 Å². The highest BCUT2D eigenvalue weighted by Crippen LogP contribution is 2.76. The maximum atomic E-state index is 13.4. The van der Waals surface area contributed by atoms with E-state index in [4.69, 9.17) is 37.9 Å². The number of aliphatic hydroxyl groups is 10. The molecule has 432 valence electrons. The number of ether oxygens (including phenoxy) is 8. The van der Waals surface area contributed by atoms with Gasteiger partial charge in [-0.1, -0.05) is 66.2 Å². The fourth-order valence-electron chi connectivity index (χ4n) is 15.9. The predicted octanol–water partition coefficient (Wildman–Crippen LogP) is 0.346. The zero-order valence-corrected chi connectivity index (χ0v) is 45.3. The van der Waals surface area contributed by atoms with Gasteiger partial charge in [0, 0.05) is 17.9 Å². The first-order valence-electron chi connectivity index (χ1n) is 26.9. The van der Waals surface area contributed by atoms with Crippen molar-refractivity contribution in [3.63, 3.8) is 0 Å². The van der Waals surface area contributed by atoms with Crippen LogP contribution < -0.4 is 0 Å². The van der Waals surface area contributed by atoms with E-state index in [1.54, 1.807) is 19.9 Å². The molecule has 25 atom stereocenters. The molecule has 0 aromatic rings. The lowest BCUT2D eigenvalue weighted by atomic mass is 9.33. The van der Waals surface area contributed by atoms with Crippen LogP contribution in [0.3, 0.4) is 0 Å². The molecule has 0 aromatic carbocycles. The van der Waals surface area contributed by atoms with Crippen LogP contribution in [0, 0.1) is 50.2 Å². The van der Waals surface area contributed by atoms with Gasteiger partial charge in [0.1, 0.15) is 73.2 Å². The molecule has 0 spiro atoms. The van der Waals surface area contributed by atoms with Gasteiger partial charge in [0.2, 0.25) is 0 Å². The number of fused-ring (bicyclic) bond motifs is 7. The highest BCUT2D eigenvalue weighted by molar-refractivity contribution is 5.87. The summed E-state index contributed by atoms with van der Waals surface area (Å²) in [7, 11) is 0. The normalized spacial score (nSPS) is 49.9. The molecule has 0 radical (unpaired) electrons. The number of carbonyl (C=O) groups is 3. The molecular weight excluding hydrogens is 1000 g/mol. The molecule has 3 saturated heterocycles. The molecule has 8 rings (SSSR count). The van der Waals surface area contributed by atoms with Crippen molar-refractivity contribution in [2.45, 2.75) is 225 Å². The van der Waals surface area contributed by atoms with E-state index in [2.05, 4.69) is 40.7 Å². The molecule has 8 aliphatic rings. The lowest BCUT2D eigenvalue weighted by molar-refractivity contribution is -0.386. The Morgan fingerprint density at radius 1 is 0.724 bits per heavy atom. The Balaban J connectivity index is 1.09. The molecule has 22 nitrogen and oxygen atoms in total. The number of aliphatic carboxylic acids is 1. The summed E-state index contributed by atoms with van der Waals surface area (Å²) in [5.41, 5.74) is -2.80. The van der Waals surface area contributed by atoms with Gasteiger partial charge in [0.25, 0.3) is 0 Å². The highest BCUT2D eigenvalue weighted by Gasteiger charge is 2.74. The summed E-state index contributed by atoms with van der Waals surface area (Å²) in [6.07, 6.45) is -21.8. The zero-order chi connectivity index (χ0) is 56.2. The average molecular weight is 1090 g/mol. The van der Waals surface area contributed by atoms with Crippen LogP contribution in [0.25, 0.3) is 0 Å². The maximum absolute atomic E-state index is 13.4. The maximum Gasteiger partial charge on any atom is 0.335 e. The van der Waals surface area contributed by atoms with Gasteiger partial charge in [-0.2, -0.15) is 0 Å². The van der Waals surface area contributed by atoms with Crippen molar-refractivity contribution in [1.29, 1.82) is 0 Å². The molecule has 3 aliphatic heterocycles. The molecule has 4 saturated carbocycles. The van der Waals surface area contributed by atoms with Crippen LogP contribution in [0.2, 0.25) is 0 Å². The first-order chi connectivity index (χ1) is 35.4. The van der Waals surface area contributed by atoms with Crippen LogP contribution in [-0.2, 0) is 52.3 Å². The smallest absolute Gasteiger partial charge is 0.335 e. The van der Waals surface area contributed by atoms with E-state index in [9.17, 15) is 70.6 Å². The molecular formula is C54H84O22. The third-order valence-electron chi connectivity index (χ3n) is 20.5. The van der Waals surface area contributed by atoms with E-state index in [1.165, 1.54) is 6.92 Å². The van der Waals surface area contributed by atoms with Crippen LogP contribution in [-0.4, -0.2) is 204 Å². The molecule has 3 heterocycles. The Labute approximate surface area is 443 Å². The van der Waals surface area contributed by atoms with Crippen molar-refractivity contribution in [2.24, 2.45) is 50.2 Å². The summed E-state index contributed by atoms with van der Waals surface area (Å²) in [4.78, 5) is 39.4. The second-order valence-electron chi connectivity index (χ2n) is 25.2. The Morgan fingerprint density at radius 2 is 1.38 bits per heavy atom. The minimum Gasteiger partial charge on any atom is -0.479 e. The zero-order valence-electron chi connectivity index (χ0n) is 45.3. The van der Waals surface area contributed by atoms with E-state index < -0.39 is 181 Å². The summed E-state index contributed by atoms with van der Waals surface area (Å²) >= 11 is 0. The quantitative estimate of drug-likeness (QED) is 0.0543. The summed E-state index contributed by atoms with van der Waals surface area (Å²) in [6.45, 7) is 17.6. The number of carbonyl (C=O) groups excluding carboxylic acids is 2. The van der Waals surface area contributed by atoms with Crippen molar-refractivity contribution >= 4 is 17.9 Å². The fraction of sp³-hybridized carbons (Fsp3) is 0.870. The summed E-state index contributed by atoms with van der Waals surface area (Å²) < 4.78 is 48.2. The second-order valence-corrected chi connectivity index (χ2v) is 25.2. The van der Waals surface area contributed by atoms with Gasteiger partial charge in [0.05, 0.1) is 37.4 Å². The van der Waals surface area contributed by atoms with E-state index in [1.807, 2.05) is 13.8 Å². The monoisotopic (exact) mass is 1080 g/mol. The van der Waals surface area contributed by atoms with Crippen molar-refractivity contribution < 1.29 is 108 Å². The fourth-order valence-corrected chi connectivity index (χ4v) is 15.9. The summed E-state index contributed by atoms with van der Waals surface area (Å²) in [6, 6.07) is 0. The Hall–Kier alpha value is -2.75. The van der Waals surface area contributed by atoms with Crippen molar-refractivity contribution in [3.05, 3.63) is 23.3 Å². The van der Waals surface area contributed by atoms with Gasteiger partial charge in [-0.25, -0.2) is 9.59 Å². The SMILES string of the molecule is C/C=C(/C)C(=O)O[C@H]1[C@H](OC(C)=O)[C@]2(CO)[C@H](O)C[C@]3(C)C(=CC[C@@H]4[C@@]5(C)CC[C@H](O[C@@H]6O[C@H](C(=O)O)[C@@H](O[C@@H]7O[C@H](CO)[C@H](O)[C@H](O)[C@H]7O)[C@H](O)[C@H]6O[C@@H]6OC[C@@H](O)[C@H](O)[C@H]6O)C(C)(C)[C@@H]5CC[C@]43C)[C@@H]2CC1(C)C. The van der Waals surface area contributed by atoms with Crippen LogP contribution in [0.4, 0.5) is 0 Å². The van der Waals surface area contributed by atoms with Crippen LogP contribution in [0.15, 0.2) is 23.3 Å². The molecule has 11 N–H and O–H groups in total. The van der Waals surface area contributed by atoms with Gasteiger partial charge in [-0.3, -0.25) is 4.79 Å². The molecule has 0 unspecified atom stereocenters. The van der Waals surface area contributed by atoms with Crippen LogP contribution in [0.1, 0.15) is 114 Å². The third kappa shape index (κ3) is 9.42. The predicted molar refractivity (Wildman–Crippen MR) is 262 cm³/mol. The number of carboxylic acids is 1. The van der Waals surface area contributed by atoms with E-state index >= 15 is 0 Å². The number of carboxylic acid groups (broad SMARTS) is 1. The molecule has 0 bridgehead atoms. The van der Waals surface area contributed by atoms with Gasteiger partial charge in [-0.15, -0.1) is 0 Å². The lowest BCUT2D eigenvalue weighted by Gasteiger charge is -2.72. The van der Waals surface area contributed by atoms with Gasteiger partial charge in [-0.05, 0) is 98.2 Å². The Morgan fingerprint density at radius 3 is 2.00 bits per heavy atom. The standard InChI is InChI=1S/C54H84O22/c1-11-23(2)45(68)76-42-43(70-24(3)57)54(22-56)26(18-49(42,4)5)25-12-13-30-51(8)16-15-32(50(6,7)29(51)14-17-52(30,9)53(25,10)19-31(54)59)72-48-40(74-46-36(63)33(60)27(58)21-69-46)38(65)39(41(75-48)44(66)67)73-47-37(64)35(62)34(61)28(20-55)71-47/h11-12,26-43,46-48,55-56,58-65H,13-22H2,1-10H3,(H,66,67)/b23-11-/t26-,27+,28+,29-,30+,31+,32-,33-,34-,35-,36+,37+,38-,39-,40+,41-,42-,43-,46-,47-,48+,51-,52+,53+,54-/m0/s1. The highest BCUT2D eigenvalue weighted by atomic mass is 16.8.